The van der Waals surface area contributed by atoms with Crippen LogP contribution in [-0.2, 0) is 9.53 Å². The maximum atomic E-state index is 13.1. The van der Waals surface area contributed by atoms with Crippen molar-refractivity contribution in [2.75, 3.05) is 5.32 Å². The van der Waals surface area contributed by atoms with Gasteiger partial charge in [0.15, 0.2) is 11.8 Å². The first-order valence-electron chi connectivity index (χ1n) is 8.31. The largest absolute Gasteiger partial charge is 0.448 e. The summed E-state index contributed by atoms with van der Waals surface area (Å²) in [5.74, 6) is -1.93. The number of para-hydroxylation sites is 1. The van der Waals surface area contributed by atoms with E-state index >= 15 is 0 Å². The minimum atomic E-state index is -1.13. The van der Waals surface area contributed by atoms with Gasteiger partial charge in [0.1, 0.15) is 5.82 Å². The molecule has 0 saturated heterocycles. The van der Waals surface area contributed by atoms with E-state index in [1.807, 2.05) is 18.2 Å². The molecule has 1 amide bonds. The second kappa shape index (κ2) is 8.18. The van der Waals surface area contributed by atoms with Crippen molar-refractivity contribution in [2.45, 2.75) is 20.0 Å². The Labute approximate surface area is 165 Å². The van der Waals surface area contributed by atoms with Crippen LogP contribution in [0.25, 0.3) is 5.69 Å². The highest BCUT2D eigenvalue weighted by Gasteiger charge is 2.24. The highest BCUT2D eigenvalue weighted by molar-refractivity contribution is 6.33. The van der Waals surface area contributed by atoms with Gasteiger partial charge in [-0.05, 0) is 44.2 Å². The van der Waals surface area contributed by atoms with E-state index < -0.39 is 23.8 Å². The van der Waals surface area contributed by atoms with Gasteiger partial charge in [0, 0.05) is 0 Å². The fourth-order valence-electron chi connectivity index (χ4n) is 2.34. The summed E-state index contributed by atoms with van der Waals surface area (Å²) in [6.07, 6.45) is -1.13. The Morgan fingerprint density at radius 2 is 1.89 bits per heavy atom. The number of carbonyl (C=O) groups excluding carboxylic acids is 2. The van der Waals surface area contributed by atoms with E-state index in [2.05, 4.69) is 15.5 Å². The zero-order valence-corrected chi connectivity index (χ0v) is 15.8. The summed E-state index contributed by atoms with van der Waals surface area (Å²) in [6.45, 7) is 3.02. The Balaban J connectivity index is 1.68. The number of ether oxygens (including phenoxy) is 1. The van der Waals surface area contributed by atoms with Crippen molar-refractivity contribution >= 4 is 29.2 Å². The van der Waals surface area contributed by atoms with Crippen LogP contribution in [0.4, 0.5) is 10.1 Å². The van der Waals surface area contributed by atoms with Gasteiger partial charge < -0.3 is 10.1 Å². The van der Waals surface area contributed by atoms with Crippen molar-refractivity contribution in [1.82, 2.24) is 15.0 Å². The highest BCUT2D eigenvalue weighted by Crippen LogP contribution is 2.22. The van der Waals surface area contributed by atoms with Gasteiger partial charge in [-0.25, -0.2) is 9.18 Å². The Bertz CT molecular complexity index is 1020. The van der Waals surface area contributed by atoms with Crippen molar-refractivity contribution < 1.29 is 18.7 Å². The molecule has 3 aromatic rings. The number of nitrogens with one attached hydrogen (secondary N) is 1. The molecule has 3 rings (SSSR count). The minimum absolute atomic E-state index is 0.00307. The smallest absolute Gasteiger partial charge is 0.361 e. The first-order chi connectivity index (χ1) is 13.3. The van der Waals surface area contributed by atoms with Gasteiger partial charge in [0.2, 0.25) is 0 Å². The summed E-state index contributed by atoms with van der Waals surface area (Å²) in [6, 6.07) is 12.6. The Hall–Kier alpha value is -3.26. The lowest BCUT2D eigenvalue weighted by atomic mass is 10.3. The Morgan fingerprint density at radius 3 is 2.57 bits per heavy atom. The Kier molecular flexibility index (Phi) is 5.70. The monoisotopic (exact) mass is 402 g/mol. The third kappa shape index (κ3) is 4.34. The first-order valence-corrected chi connectivity index (χ1v) is 8.69. The number of aromatic nitrogens is 3. The molecule has 0 aliphatic rings. The maximum absolute atomic E-state index is 13.1. The number of benzene rings is 2. The van der Waals surface area contributed by atoms with Gasteiger partial charge >= 0.3 is 5.97 Å². The predicted molar refractivity (Wildman–Crippen MR) is 101 cm³/mol. The number of hydrogen-bond acceptors (Lipinski definition) is 5. The highest BCUT2D eigenvalue weighted by atomic mass is 35.5. The van der Waals surface area contributed by atoms with Crippen molar-refractivity contribution in [3.63, 3.8) is 0 Å². The zero-order chi connectivity index (χ0) is 20.3. The molecule has 28 heavy (non-hydrogen) atoms. The van der Waals surface area contributed by atoms with Crippen LogP contribution >= 0.6 is 11.6 Å². The molecule has 9 heteroatoms. The van der Waals surface area contributed by atoms with Crippen LogP contribution in [-0.4, -0.2) is 33.0 Å². The van der Waals surface area contributed by atoms with Crippen molar-refractivity contribution in [2.24, 2.45) is 0 Å². The molecule has 1 atom stereocenters. The molecule has 7 nitrogen and oxygen atoms in total. The van der Waals surface area contributed by atoms with E-state index in [9.17, 15) is 14.0 Å². The van der Waals surface area contributed by atoms with Crippen LogP contribution in [0, 0.1) is 12.7 Å². The Morgan fingerprint density at radius 1 is 1.18 bits per heavy atom. The standard InChI is InChI=1S/C19H16ClFN4O3/c1-11-17(24-25(23-11)14-6-4-3-5-7-14)19(27)28-12(2)18(26)22-16-9-8-13(21)10-15(16)20/h3-10,12H,1-2H3,(H,22,26). The summed E-state index contributed by atoms with van der Waals surface area (Å²) < 4.78 is 18.3. The van der Waals surface area contributed by atoms with Gasteiger partial charge in [-0.1, -0.05) is 29.8 Å². The first kappa shape index (κ1) is 19.5. The lowest BCUT2D eigenvalue weighted by Gasteiger charge is -2.13. The van der Waals surface area contributed by atoms with E-state index in [0.29, 0.717) is 11.4 Å². The number of carbonyl (C=O) groups is 2. The molecule has 0 fully saturated rings. The number of hydrogen-bond donors (Lipinski definition) is 1. The second-order valence-corrected chi connectivity index (χ2v) is 6.33. The number of halogens is 2. The van der Waals surface area contributed by atoms with Crippen LogP contribution in [0.2, 0.25) is 5.02 Å². The van der Waals surface area contributed by atoms with Crippen LogP contribution < -0.4 is 5.32 Å². The summed E-state index contributed by atoms with van der Waals surface area (Å²) in [7, 11) is 0. The van der Waals surface area contributed by atoms with Crippen LogP contribution in [0.15, 0.2) is 48.5 Å². The summed E-state index contributed by atoms with van der Waals surface area (Å²) in [4.78, 5) is 26.0. The number of rotatable bonds is 5. The van der Waals surface area contributed by atoms with E-state index in [1.165, 1.54) is 17.8 Å². The second-order valence-electron chi connectivity index (χ2n) is 5.92. The number of nitrogens with zero attached hydrogens (tertiary/aromatic N) is 3. The molecule has 0 radical (unpaired) electrons. The lowest BCUT2D eigenvalue weighted by molar-refractivity contribution is -0.123. The fraction of sp³-hybridized carbons (Fsp3) is 0.158. The van der Waals surface area contributed by atoms with Crippen LogP contribution in [0.3, 0.4) is 0 Å². The van der Waals surface area contributed by atoms with Gasteiger partial charge in [-0.2, -0.15) is 9.90 Å². The summed E-state index contributed by atoms with van der Waals surface area (Å²) in [5, 5.41) is 10.8. The average Bonchev–Trinajstić information content (AvgIpc) is 3.06. The molecule has 1 aromatic heterocycles. The van der Waals surface area contributed by atoms with Crippen molar-refractivity contribution in [3.05, 3.63) is 70.8 Å². The molecule has 0 aliphatic heterocycles. The van der Waals surface area contributed by atoms with E-state index in [1.54, 1.807) is 19.1 Å². The molecule has 144 valence electrons. The molecule has 0 saturated carbocycles. The number of esters is 1. The minimum Gasteiger partial charge on any atom is -0.448 e. The van der Waals surface area contributed by atoms with E-state index in [0.717, 1.165) is 12.1 Å². The topological polar surface area (TPSA) is 86.1 Å². The average molecular weight is 403 g/mol. The number of anilines is 1. The third-order valence-corrected chi connectivity index (χ3v) is 4.12. The molecule has 1 unspecified atom stereocenters. The number of amides is 1. The van der Waals surface area contributed by atoms with Gasteiger partial charge in [0.05, 0.1) is 22.1 Å². The van der Waals surface area contributed by atoms with Crippen molar-refractivity contribution in [3.8, 4) is 5.69 Å². The van der Waals surface area contributed by atoms with Gasteiger partial charge in [-0.15, -0.1) is 5.10 Å². The molecule has 0 bridgehead atoms. The van der Waals surface area contributed by atoms with Gasteiger partial charge in [0.25, 0.3) is 5.91 Å². The molecule has 2 aromatic carbocycles. The molecular weight excluding hydrogens is 387 g/mol. The van der Waals surface area contributed by atoms with Crippen molar-refractivity contribution in [1.29, 1.82) is 0 Å². The molecule has 1 N–H and O–H groups in total. The quantitative estimate of drug-likeness (QED) is 0.659. The fourth-order valence-corrected chi connectivity index (χ4v) is 2.55. The van der Waals surface area contributed by atoms with E-state index in [-0.39, 0.29) is 16.4 Å². The summed E-state index contributed by atoms with van der Waals surface area (Å²) in [5.41, 5.74) is 1.26. The van der Waals surface area contributed by atoms with Gasteiger partial charge in [-0.3, -0.25) is 4.79 Å². The predicted octanol–water partition coefficient (Wildman–Crippen LogP) is 3.55. The van der Waals surface area contributed by atoms with E-state index in [4.69, 9.17) is 16.3 Å². The maximum Gasteiger partial charge on any atom is 0.361 e. The molecule has 0 spiro atoms. The summed E-state index contributed by atoms with van der Waals surface area (Å²) >= 11 is 5.88. The third-order valence-electron chi connectivity index (χ3n) is 3.80. The molecule has 0 aliphatic carbocycles. The van der Waals surface area contributed by atoms with Crippen LogP contribution in [0.5, 0.6) is 0 Å². The zero-order valence-electron chi connectivity index (χ0n) is 15.0. The number of aryl methyl sites for hydroxylation is 1. The lowest BCUT2D eigenvalue weighted by Crippen LogP contribution is -2.30. The van der Waals surface area contributed by atoms with Crippen LogP contribution in [0.1, 0.15) is 23.1 Å². The normalized spacial score (nSPS) is 11.7. The molecule has 1 heterocycles. The SMILES string of the molecule is Cc1nn(-c2ccccc2)nc1C(=O)OC(C)C(=O)Nc1ccc(F)cc1Cl. The molecular formula is C19H16ClFN4O3.